The van der Waals surface area contributed by atoms with E-state index in [0.717, 1.165) is 11.1 Å². The van der Waals surface area contributed by atoms with Gasteiger partial charge in [-0.1, -0.05) is 35.3 Å². The highest BCUT2D eigenvalue weighted by molar-refractivity contribution is 9.11. The number of hydrogen-bond donors (Lipinski definition) is 1. The van der Waals surface area contributed by atoms with E-state index < -0.39 is 0 Å². The van der Waals surface area contributed by atoms with Crippen LogP contribution in [0.15, 0.2) is 104 Å². The summed E-state index contributed by atoms with van der Waals surface area (Å²) in [7, 11) is 0. The van der Waals surface area contributed by atoms with Crippen molar-refractivity contribution in [3.05, 3.63) is 120 Å². The summed E-state index contributed by atoms with van der Waals surface area (Å²) in [6.07, 6.45) is 1.78. The first-order chi connectivity index (χ1) is 20.2. The zero-order valence-corrected chi connectivity index (χ0v) is 27.4. The number of amides is 2. The zero-order valence-electron chi connectivity index (χ0n) is 21.9. The van der Waals surface area contributed by atoms with Gasteiger partial charge in [0.2, 0.25) is 0 Å². The van der Waals surface area contributed by atoms with Crippen LogP contribution in [0.5, 0.6) is 5.75 Å². The average Bonchev–Trinajstić information content (AvgIpc) is 3.24. The van der Waals surface area contributed by atoms with E-state index >= 15 is 0 Å². The first-order valence-corrected chi connectivity index (χ1v) is 15.6. The minimum absolute atomic E-state index is 0.180. The molecule has 0 aliphatic carbocycles. The first-order valence-electron chi connectivity index (χ1n) is 12.5. The Morgan fingerprint density at radius 1 is 0.976 bits per heavy atom. The van der Waals surface area contributed by atoms with Crippen LogP contribution in [0, 0.1) is 6.92 Å². The molecule has 1 aliphatic heterocycles. The molecule has 0 unspecified atom stereocenters. The van der Waals surface area contributed by atoms with Gasteiger partial charge in [0.1, 0.15) is 5.75 Å². The van der Waals surface area contributed by atoms with Gasteiger partial charge in [0.05, 0.1) is 25.2 Å². The summed E-state index contributed by atoms with van der Waals surface area (Å²) in [6.45, 7) is 1.78. The lowest BCUT2D eigenvalue weighted by atomic mass is 10.2. The van der Waals surface area contributed by atoms with E-state index in [0.29, 0.717) is 51.9 Å². The van der Waals surface area contributed by atoms with E-state index in [-0.39, 0.29) is 18.4 Å². The highest BCUT2D eigenvalue weighted by atomic mass is 79.9. The Hall–Kier alpha value is -3.08. The molecule has 0 radical (unpaired) electrons. The summed E-state index contributed by atoms with van der Waals surface area (Å²) < 4.78 is 7.04. The lowest BCUT2D eigenvalue weighted by molar-refractivity contribution is -0.118. The number of benzene rings is 4. The number of carbonyl (C=O) groups excluding carboxylic acids is 2. The number of ether oxygens (including phenoxy) is 1. The van der Waals surface area contributed by atoms with Crippen LogP contribution in [0.4, 0.5) is 17.1 Å². The van der Waals surface area contributed by atoms with Crippen molar-refractivity contribution in [3.8, 4) is 5.75 Å². The Morgan fingerprint density at radius 2 is 1.62 bits per heavy atom. The fraction of sp³-hybridized carbons (Fsp3) is 0.0645. The summed E-state index contributed by atoms with van der Waals surface area (Å²) in [5.41, 5.74) is 3.79. The Morgan fingerprint density at radius 3 is 2.26 bits per heavy atom. The Labute approximate surface area is 274 Å². The van der Waals surface area contributed by atoms with Crippen molar-refractivity contribution in [2.24, 2.45) is 4.99 Å². The number of carbonyl (C=O) groups is 2. The number of halogens is 4. The molecule has 1 aliphatic rings. The maximum atomic E-state index is 13.6. The van der Waals surface area contributed by atoms with Crippen LogP contribution in [0.2, 0.25) is 10.0 Å². The maximum absolute atomic E-state index is 13.6. The molecule has 0 saturated carbocycles. The normalized spacial score (nSPS) is 15.0. The molecule has 4 aromatic rings. The molecule has 1 N–H and O–H groups in total. The summed E-state index contributed by atoms with van der Waals surface area (Å²) >= 11 is 20.5. The van der Waals surface area contributed by atoms with E-state index in [1.165, 1.54) is 11.8 Å². The van der Waals surface area contributed by atoms with E-state index in [9.17, 15) is 9.59 Å². The zero-order chi connectivity index (χ0) is 29.8. The lowest BCUT2D eigenvalue weighted by Crippen LogP contribution is -2.28. The van der Waals surface area contributed by atoms with Gasteiger partial charge < -0.3 is 10.1 Å². The van der Waals surface area contributed by atoms with Crippen molar-refractivity contribution in [2.45, 2.75) is 6.92 Å². The average molecular weight is 746 g/mol. The van der Waals surface area contributed by atoms with Crippen LogP contribution >= 0.6 is 66.8 Å². The van der Waals surface area contributed by atoms with Gasteiger partial charge in [-0.3, -0.25) is 14.5 Å². The molecular formula is C31H21Br2Cl2N3O3S. The molecule has 42 heavy (non-hydrogen) atoms. The van der Waals surface area contributed by atoms with Crippen molar-refractivity contribution in [1.82, 2.24) is 0 Å². The van der Waals surface area contributed by atoms with E-state index in [1.54, 1.807) is 59.5 Å². The third kappa shape index (κ3) is 7.46. The SMILES string of the molecule is Cc1cccc(NC(=O)COc2c(Br)cc(/C=C3\SC(=Nc4ccc(Cl)cc4)N(c4ccc(Cl)cc4)C3=O)cc2Br)c1. The number of nitrogens with zero attached hydrogens (tertiary/aromatic N) is 2. The van der Waals surface area contributed by atoms with Crippen molar-refractivity contribution < 1.29 is 14.3 Å². The molecule has 0 atom stereocenters. The van der Waals surface area contributed by atoms with Gasteiger partial charge in [-0.25, -0.2) is 4.99 Å². The van der Waals surface area contributed by atoms with Gasteiger partial charge in [0.25, 0.3) is 11.8 Å². The molecule has 212 valence electrons. The fourth-order valence-electron chi connectivity index (χ4n) is 4.00. The smallest absolute Gasteiger partial charge is 0.271 e. The third-order valence-electron chi connectivity index (χ3n) is 5.91. The molecule has 6 nitrogen and oxygen atoms in total. The van der Waals surface area contributed by atoms with E-state index in [4.69, 9.17) is 32.9 Å². The second kappa shape index (κ2) is 13.5. The van der Waals surface area contributed by atoms with E-state index in [2.05, 4.69) is 37.2 Å². The van der Waals surface area contributed by atoms with Gasteiger partial charge in [0, 0.05) is 15.7 Å². The van der Waals surface area contributed by atoms with Gasteiger partial charge >= 0.3 is 0 Å². The topological polar surface area (TPSA) is 71.0 Å². The predicted molar refractivity (Wildman–Crippen MR) is 180 cm³/mol. The number of aryl methyl sites for hydroxylation is 1. The van der Waals surface area contributed by atoms with Gasteiger partial charge in [-0.2, -0.15) is 0 Å². The van der Waals surface area contributed by atoms with Crippen LogP contribution in [0.1, 0.15) is 11.1 Å². The monoisotopic (exact) mass is 743 g/mol. The van der Waals surface area contributed by atoms with Crippen LogP contribution in [0.3, 0.4) is 0 Å². The standard InChI is InChI=1S/C31H21Br2Cl2N3O3S/c1-18-3-2-4-23(13-18)36-28(39)17-41-29-25(32)14-19(15-26(29)33)16-27-30(40)38(24-11-7-21(35)8-12-24)31(42-27)37-22-9-5-20(34)6-10-22/h2-16H,17H2,1H3,(H,36,39)/b27-16-,37-31?. The third-order valence-corrected chi connectivity index (χ3v) is 8.56. The van der Waals surface area contributed by atoms with Crippen LogP contribution < -0.4 is 15.0 Å². The summed E-state index contributed by atoms with van der Waals surface area (Å²) in [4.78, 5) is 32.8. The van der Waals surface area contributed by atoms with Crippen LogP contribution in [0.25, 0.3) is 6.08 Å². The summed E-state index contributed by atoms with van der Waals surface area (Å²) in [6, 6.07) is 25.2. The maximum Gasteiger partial charge on any atom is 0.271 e. The minimum atomic E-state index is -0.284. The molecule has 1 fully saturated rings. The Kier molecular flexibility index (Phi) is 9.75. The number of nitrogens with one attached hydrogen (secondary N) is 1. The van der Waals surface area contributed by atoms with E-state index in [1.807, 2.05) is 43.3 Å². The van der Waals surface area contributed by atoms with Crippen molar-refractivity contribution in [3.63, 3.8) is 0 Å². The van der Waals surface area contributed by atoms with Crippen LogP contribution in [-0.2, 0) is 9.59 Å². The van der Waals surface area contributed by atoms with Gasteiger partial charge in [0.15, 0.2) is 11.8 Å². The Balaban J connectivity index is 1.38. The number of aliphatic imine (C=N–C) groups is 1. The molecule has 1 heterocycles. The van der Waals surface area contributed by atoms with Crippen LogP contribution in [-0.4, -0.2) is 23.6 Å². The number of amidine groups is 1. The van der Waals surface area contributed by atoms with Gasteiger partial charge in [-0.15, -0.1) is 0 Å². The van der Waals surface area contributed by atoms with Crippen molar-refractivity contribution in [1.29, 1.82) is 0 Å². The van der Waals surface area contributed by atoms with Gasteiger partial charge in [-0.05, 0) is 141 Å². The molecule has 0 spiro atoms. The minimum Gasteiger partial charge on any atom is -0.481 e. The Bertz CT molecular complexity index is 1710. The fourth-order valence-corrected chi connectivity index (χ4v) is 6.71. The van der Waals surface area contributed by atoms with Crippen molar-refractivity contribution >= 4 is 107 Å². The summed E-state index contributed by atoms with van der Waals surface area (Å²) in [5.74, 6) is -0.0431. The van der Waals surface area contributed by atoms with Crippen molar-refractivity contribution in [2.75, 3.05) is 16.8 Å². The highest BCUT2D eigenvalue weighted by Gasteiger charge is 2.35. The molecule has 2 amide bonds. The summed E-state index contributed by atoms with van der Waals surface area (Å²) in [5, 5.41) is 4.48. The molecule has 4 aromatic carbocycles. The lowest BCUT2D eigenvalue weighted by Gasteiger charge is -2.15. The quantitative estimate of drug-likeness (QED) is 0.191. The number of rotatable bonds is 7. The highest BCUT2D eigenvalue weighted by Crippen LogP contribution is 2.40. The molecule has 1 saturated heterocycles. The number of hydrogen-bond acceptors (Lipinski definition) is 5. The first kappa shape index (κ1) is 30.4. The predicted octanol–water partition coefficient (Wildman–Crippen LogP) is 9.65. The molecule has 11 heteroatoms. The molecule has 0 bridgehead atoms. The number of anilines is 2. The molecular weight excluding hydrogens is 725 g/mol. The largest absolute Gasteiger partial charge is 0.481 e. The molecule has 5 rings (SSSR count). The number of thioether (sulfide) groups is 1. The second-order valence-electron chi connectivity index (χ2n) is 9.12. The second-order valence-corrected chi connectivity index (χ2v) is 12.7. The molecule has 0 aromatic heterocycles.